The fraction of sp³-hybridized carbons (Fsp3) is 0.208. The molecule has 1 unspecified atom stereocenters. The molecule has 8 nitrogen and oxygen atoms in total. The molecule has 0 bridgehead atoms. The fourth-order valence-corrected chi connectivity index (χ4v) is 5.32. The number of nitrogens with one attached hydrogen (secondary N) is 1. The van der Waals surface area contributed by atoms with Gasteiger partial charge in [0.2, 0.25) is 0 Å². The number of hydrogen-bond donors (Lipinski definition) is 1. The van der Waals surface area contributed by atoms with Gasteiger partial charge < -0.3 is 4.74 Å². The van der Waals surface area contributed by atoms with E-state index in [9.17, 15) is 21.6 Å². The summed E-state index contributed by atoms with van der Waals surface area (Å²) in [5, 5.41) is 11.5. The van der Waals surface area contributed by atoms with Crippen LogP contribution in [-0.2, 0) is 23.2 Å². The van der Waals surface area contributed by atoms with E-state index in [1.807, 2.05) is 0 Å². The van der Waals surface area contributed by atoms with Gasteiger partial charge in [-0.15, -0.1) is 5.10 Å². The Labute approximate surface area is 204 Å². The molecule has 0 fully saturated rings. The van der Waals surface area contributed by atoms with Crippen LogP contribution in [0, 0.1) is 0 Å². The molecule has 0 amide bonds. The maximum Gasteiger partial charge on any atom is 0.416 e. The Morgan fingerprint density at radius 1 is 1.06 bits per heavy atom. The van der Waals surface area contributed by atoms with Crippen molar-refractivity contribution < 1.29 is 26.3 Å². The molecule has 12 heteroatoms. The molecule has 3 heterocycles. The first-order valence-electron chi connectivity index (χ1n) is 10.9. The summed E-state index contributed by atoms with van der Waals surface area (Å²) in [6, 6.07) is 12.8. The van der Waals surface area contributed by atoms with Crippen molar-refractivity contribution in [1.82, 2.24) is 20.0 Å². The smallest absolute Gasteiger partial charge is 0.416 e. The topological polar surface area (TPSA) is 99.0 Å². The highest BCUT2D eigenvalue weighted by molar-refractivity contribution is 7.92. The molecule has 0 aliphatic carbocycles. The minimum absolute atomic E-state index is 0.0353. The van der Waals surface area contributed by atoms with Gasteiger partial charge in [0.05, 0.1) is 22.8 Å². The lowest BCUT2D eigenvalue weighted by Gasteiger charge is -2.28. The van der Waals surface area contributed by atoms with Gasteiger partial charge in [0.1, 0.15) is 5.75 Å². The van der Waals surface area contributed by atoms with Crippen LogP contribution in [0.25, 0.3) is 11.3 Å². The lowest BCUT2D eigenvalue weighted by Crippen LogP contribution is -2.19. The summed E-state index contributed by atoms with van der Waals surface area (Å²) in [7, 11) is -2.30. The van der Waals surface area contributed by atoms with Gasteiger partial charge in [-0.05, 0) is 48.4 Å². The summed E-state index contributed by atoms with van der Waals surface area (Å²) < 4.78 is 76.0. The van der Waals surface area contributed by atoms with E-state index in [2.05, 4.69) is 20.0 Å². The summed E-state index contributed by atoms with van der Waals surface area (Å²) in [5.41, 5.74) is 1.54. The quantitative estimate of drug-likeness (QED) is 0.417. The number of hydrogen-bond acceptors (Lipinski definition) is 6. The van der Waals surface area contributed by atoms with Crippen molar-refractivity contribution in [3.05, 3.63) is 83.7 Å². The van der Waals surface area contributed by atoms with E-state index in [1.54, 1.807) is 25.2 Å². The SMILES string of the molecule is Cn1nccc1-c1cc(C(F)(F)F)ccc1C1CCOc2cc(S(=O)(=O)Nc3cccnn3)ccc21. The predicted octanol–water partition coefficient (Wildman–Crippen LogP) is 4.61. The normalized spacial score (nSPS) is 15.7. The summed E-state index contributed by atoms with van der Waals surface area (Å²) in [6.45, 7) is 0.268. The maximum atomic E-state index is 13.5. The molecular formula is C24H20F3N5O3S. The number of ether oxygens (including phenoxy) is 1. The van der Waals surface area contributed by atoms with Crippen molar-refractivity contribution in [2.24, 2.45) is 7.05 Å². The van der Waals surface area contributed by atoms with E-state index in [-0.39, 0.29) is 23.2 Å². The van der Waals surface area contributed by atoms with Gasteiger partial charge in [-0.3, -0.25) is 9.40 Å². The average Bonchev–Trinajstić information content (AvgIpc) is 3.28. The monoisotopic (exact) mass is 515 g/mol. The van der Waals surface area contributed by atoms with Crippen LogP contribution in [0.4, 0.5) is 19.0 Å². The first kappa shape index (κ1) is 23.8. The molecule has 1 atom stereocenters. The number of rotatable bonds is 5. The molecule has 5 rings (SSSR count). The summed E-state index contributed by atoms with van der Waals surface area (Å²) in [4.78, 5) is -0.0353. The molecule has 1 N–H and O–H groups in total. The number of aromatic nitrogens is 4. The number of aryl methyl sites for hydroxylation is 1. The highest BCUT2D eigenvalue weighted by Gasteiger charge is 2.33. The van der Waals surface area contributed by atoms with Gasteiger partial charge in [0.25, 0.3) is 10.0 Å². The number of anilines is 1. The number of benzene rings is 2. The number of halogens is 3. The Hall–Kier alpha value is -3.93. The van der Waals surface area contributed by atoms with Crippen LogP contribution < -0.4 is 9.46 Å². The van der Waals surface area contributed by atoms with Gasteiger partial charge in [0.15, 0.2) is 5.82 Å². The number of nitrogens with zero attached hydrogens (tertiary/aromatic N) is 4. The van der Waals surface area contributed by atoms with Crippen molar-refractivity contribution in [3.8, 4) is 17.0 Å². The summed E-state index contributed by atoms with van der Waals surface area (Å²) >= 11 is 0. The average molecular weight is 516 g/mol. The minimum atomic E-state index is -4.50. The molecule has 0 saturated carbocycles. The zero-order valence-electron chi connectivity index (χ0n) is 18.9. The van der Waals surface area contributed by atoms with Gasteiger partial charge in [0, 0.05) is 42.6 Å². The lowest BCUT2D eigenvalue weighted by molar-refractivity contribution is -0.137. The maximum absolute atomic E-state index is 13.5. The first-order valence-corrected chi connectivity index (χ1v) is 12.4. The van der Waals surface area contributed by atoms with Crippen molar-refractivity contribution in [1.29, 1.82) is 0 Å². The molecule has 186 valence electrons. The molecular weight excluding hydrogens is 495 g/mol. The Balaban J connectivity index is 1.56. The summed E-state index contributed by atoms with van der Waals surface area (Å²) in [5.74, 6) is 0.106. The predicted molar refractivity (Wildman–Crippen MR) is 125 cm³/mol. The fourth-order valence-electron chi connectivity index (χ4n) is 4.31. The van der Waals surface area contributed by atoms with Crippen LogP contribution in [0.15, 0.2) is 71.9 Å². The third kappa shape index (κ3) is 4.51. The number of sulfonamides is 1. The Morgan fingerprint density at radius 2 is 1.86 bits per heavy atom. The second-order valence-electron chi connectivity index (χ2n) is 8.24. The Bertz CT molecular complexity index is 1520. The van der Waals surface area contributed by atoms with Crippen LogP contribution in [0.1, 0.15) is 29.0 Å². The van der Waals surface area contributed by atoms with Crippen LogP contribution >= 0.6 is 0 Å². The summed E-state index contributed by atoms with van der Waals surface area (Å²) in [6.07, 6.45) is -1.05. The second-order valence-corrected chi connectivity index (χ2v) is 9.93. The largest absolute Gasteiger partial charge is 0.493 e. The van der Waals surface area contributed by atoms with E-state index < -0.39 is 21.8 Å². The number of alkyl halides is 3. The number of fused-ring (bicyclic) bond motifs is 1. The Morgan fingerprint density at radius 3 is 2.56 bits per heavy atom. The second kappa shape index (κ2) is 8.94. The molecule has 0 radical (unpaired) electrons. The van der Waals surface area contributed by atoms with Gasteiger partial charge in [-0.2, -0.15) is 23.4 Å². The molecule has 2 aromatic carbocycles. The third-order valence-corrected chi connectivity index (χ3v) is 7.35. The van der Waals surface area contributed by atoms with E-state index in [4.69, 9.17) is 4.74 Å². The van der Waals surface area contributed by atoms with Crippen molar-refractivity contribution in [2.75, 3.05) is 11.3 Å². The molecule has 0 saturated heterocycles. The third-order valence-electron chi connectivity index (χ3n) is 6.00. The van der Waals surface area contributed by atoms with Crippen molar-refractivity contribution in [3.63, 3.8) is 0 Å². The highest BCUT2D eigenvalue weighted by atomic mass is 32.2. The van der Waals surface area contributed by atoms with Crippen LogP contribution in [0.2, 0.25) is 0 Å². The Kier molecular flexibility index (Phi) is 5.91. The molecule has 1 aliphatic heterocycles. The molecule has 4 aromatic rings. The molecule has 2 aromatic heterocycles. The molecule has 36 heavy (non-hydrogen) atoms. The van der Waals surface area contributed by atoms with E-state index >= 15 is 0 Å². The highest BCUT2D eigenvalue weighted by Crippen LogP contribution is 2.44. The van der Waals surface area contributed by atoms with Gasteiger partial charge in [-0.1, -0.05) is 12.1 Å². The van der Waals surface area contributed by atoms with Crippen molar-refractivity contribution >= 4 is 15.8 Å². The van der Waals surface area contributed by atoms with E-state index in [1.165, 1.54) is 41.3 Å². The molecule has 0 spiro atoms. The lowest BCUT2D eigenvalue weighted by atomic mass is 9.83. The zero-order chi connectivity index (χ0) is 25.5. The van der Waals surface area contributed by atoms with Gasteiger partial charge in [-0.25, -0.2) is 8.42 Å². The van der Waals surface area contributed by atoms with E-state index in [0.29, 0.717) is 34.6 Å². The molecule has 1 aliphatic rings. The van der Waals surface area contributed by atoms with Crippen LogP contribution in [-0.4, -0.2) is 35.0 Å². The van der Waals surface area contributed by atoms with E-state index in [0.717, 1.165) is 12.1 Å². The van der Waals surface area contributed by atoms with Crippen LogP contribution in [0.5, 0.6) is 5.75 Å². The standard InChI is InChI=1S/C24H20F3N5O3S/c1-32-21(8-11-29-32)20-13-15(24(25,26)27)4-6-17(20)18-9-12-35-22-14-16(5-7-19(18)22)36(33,34)31-23-3-2-10-28-30-23/h2-8,10-11,13-14,18H,9,12H2,1H3,(H,30,31). The van der Waals surface area contributed by atoms with Crippen molar-refractivity contribution in [2.45, 2.75) is 23.4 Å². The zero-order valence-corrected chi connectivity index (χ0v) is 19.7. The first-order chi connectivity index (χ1) is 17.1. The minimum Gasteiger partial charge on any atom is -0.493 e. The van der Waals surface area contributed by atoms with Gasteiger partial charge >= 0.3 is 6.18 Å². The van der Waals surface area contributed by atoms with Crippen LogP contribution in [0.3, 0.4) is 0 Å².